The number of hydrogen-bond donors (Lipinski definition) is 0. The monoisotopic (exact) mass is 333 g/mol. The zero-order chi connectivity index (χ0) is 16.1. The average molecular weight is 333 g/mol. The van der Waals surface area contributed by atoms with Crippen LogP contribution in [0.25, 0.3) is 0 Å². The molecule has 1 unspecified atom stereocenters. The fourth-order valence-electron chi connectivity index (χ4n) is 2.27. The zero-order valence-electron chi connectivity index (χ0n) is 12.3. The van der Waals surface area contributed by atoms with Crippen LogP contribution in [0.15, 0.2) is 12.1 Å². The number of benzene rings is 1. The van der Waals surface area contributed by atoms with Gasteiger partial charge < -0.3 is 9.64 Å². The van der Waals surface area contributed by atoms with Gasteiger partial charge in [-0.1, -0.05) is 13.0 Å². The number of halogens is 3. The molecule has 0 bridgehead atoms. The molecule has 0 aromatic heterocycles. The van der Waals surface area contributed by atoms with Gasteiger partial charge in [-0.25, -0.2) is 13.2 Å². The summed E-state index contributed by atoms with van der Waals surface area (Å²) in [6.45, 7) is 3.57. The number of carbonyl (C=O) groups excluding carboxylic acids is 1. The highest BCUT2D eigenvalue weighted by molar-refractivity contribution is 8.00. The van der Waals surface area contributed by atoms with Crippen LogP contribution in [-0.2, 0) is 9.53 Å². The maximum Gasteiger partial charge on any atom is 0.233 e. The van der Waals surface area contributed by atoms with Crippen molar-refractivity contribution >= 4 is 17.7 Å². The van der Waals surface area contributed by atoms with E-state index in [2.05, 4.69) is 0 Å². The molecule has 0 spiro atoms. The van der Waals surface area contributed by atoms with Crippen molar-refractivity contribution in [3.05, 3.63) is 35.1 Å². The summed E-state index contributed by atoms with van der Waals surface area (Å²) in [4.78, 5) is 13.4. The molecule has 2 rings (SSSR count). The van der Waals surface area contributed by atoms with Gasteiger partial charge in [-0.15, -0.1) is 11.8 Å². The highest BCUT2D eigenvalue weighted by atomic mass is 32.2. The van der Waals surface area contributed by atoms with Gasteiger partial charge in [-0.2, -0.15) is 0 Å². The van der Waals surface area contributed by atoms with Crippen molar-refractivity contribution in [2.24, 2.45) is 0 Å². The number of thioether (sulfide) groups is 1. The molecule has 1 atom stereocenters. The predicted molar refractivity (Wildman–Crippen MR) is 79.0 cm³/mol. The van der Waals surface area contributed by atoms with E-state index >= 15 is 0 Å². The first kappa shape index (κ1) is 17.1. The van der Waals surface area contributed by atoms with E-state index in [4.69, 9.17) is 4.74 Å². The first-order chi connectivity index (χ1) is 10.6. The fraction of sp³-hybridized carbons (Fsp3) is 0.533. The second-order valence-electron chi connectivity index (χ2n) is 4.98. The van der Waals surface area contributed by atoms with Gasteiger partial charge in [0.05, 0.1) is 5.75 Å². The van der Waals surface area contributed by atoms with E-state index < -0.39 is 22.8 Å². The van der Waals surface area contributed by atoms with E-state index in [9.17, 15) is 18.0 Å². The summed E-state index contributed by atoms with van der Waals surface area (Å²) in [5.41, 5.74) is 0.00391. The smallest absolute Gasteiger partial charge is 0.233 e. The normalized spacial score (nSPS) is 18.3. The molecule has 1 aliphatic rings. The number of ether oxygens (including phenoxy) is 1. The molecule has 0 saturated carbocycles. The van der Waals surface area contributed by atoms with E-state index in [-0.39, 0.29) is 17.2 Å². The minimum Gasteiger partial charge on any atom is -0.381 e. The van der Waals surface area contributed by atoms with Gasteiger partial charge in [-0.3, -0.25) is 4.79 Å². The van der Waals surface area contributed by atoms with Crippen LogP contribution in [0.1, 0.15) is 30.7 Å². The standard InChI is InChI=1S/C15H18F3NO2S/c1-2-7-21-8-3-6-19-12(20)9-22-15(19)10-4-5-11(16)14(18)13(10)17/h4-5,15H,2-3,6-9H2,1H3. The van der Waals surface area contributed by atoms with Gasteiger partial charge in [0.2, 0.25) is 5.91 Å². The molecule has 0 aliphatic carbocycles. The molecule has 1 aliphatic heterocycles. The molecule has 1 heterocycles. The van der Waals surface area contributed by atoms with Crippen LogP contribution in [0, 0.1) is 17.5 Å². The third-order valence-electron chi connectivity index (χ3n) is 3.34. The lowest BCUT2D eigenvalue weighted by Crippen LogP contribution is -2.30. The molecule has 1 aromatic rings. The van der Waals surface area contributed by atoms with Crippen molar-refractivity contribution in [2.45, 2.75) is 25.1 Å². The number of rotatable bonds is 7. The summed E-state index contributed by atoms with van der Waals surface area (Å²) in [6, 6.07) is 2.09. The second-order valence-corrected chi connectivity index (χ2v) is 6.05. The van der Waals surface area contributed by atoms with Crippen molar-refractivity contribution in [3.8, 4) is 0 Å². The Hall–Kier alpha value is -1.21. The van der Waals surface area contributed by atoms with Crippen LogP contribution < -0.4 is 0 Å². The van der Waals surface area contributed by atoms with E-state index in [1.807, 2.05) is 6.92 Å². The van der Waals surface area contributed by atoms with Crippen molar-refractivity contribution in [2.75, 3.05) is 25.5 Å². The SMILES string of the molecule is CCCOCCCN1C(=O)CSC1c1ccc(F)c(F)c1F. The Morgan fingerprint density at radius 1 is 1.27 bits per heavy atom. The summed E-state index contributed by atoms with van der Waals surface area (Å²) in [7, 11) is 0. The van der Waals surface area contributed by atoms with Crippen LogP contribution in [0.3, 0.4) is 0 Å². The first-order valence-electron chi connectivity index (χ1n) is 7.18. The molecule has 0 radical (unpaired) electrons. The van der Waals surface area contributed by atoms with Crippen molar-refractivity contribution in [3.63, 3.8) is 0 Å². The maximum atomic E-state index is 13.9. The molecule has 1 amide bonds. The molecular weight excluding hydrogens is 315 g/mol. The van der Waals surface area contributed by atoms with Gasteiger partial charge in [0, 0.05) is 25.3 Å². The third-order valence-corrected chi connectivity index (χ3v) is 4.57. The minimum atomic E-state index is -1.50. The minimum absolute atomic E-state index is 0.00391. The molecule has 1 aromatic carbocycles. The van der Waals surface area contributed by atoms with Crippen LogP contribution in [-0.4, -0.2) is 36.3 Å². The highest BCUT2D eigenvalue weighted by Crippen LogP contribution is 2.40. The van der Waals surface area contributed by atoms with Gasteiger partial charge in [-0.05, 0) is 18.9 Å². The first-order valence-corrected chi connectivity index (χ1v) is 8.23. The number of amides is 1. The van der Waals surface area contributed by atoms with E-state index in [0.717, 1.165) is 12.5 Å². The zero-order valence-corrected chi connectivity index (χ0v) is 13.1. The van der Waals surface area contributed by atoms with E-state index in [0.29, 0.717) is 26.2 Å². The largest absolute Gasteiger partial charge is 0.381 e. The summed E-state index contributed by atoms with van der Waals surface area (Å²) < 4.78 is 45.7. The van der Waals surface area contributed by atoms with Crippen LogP contribution in [0.4, 0.5) is 13.2 Å². The van der Waals surface area contributed by atoms with Crippen LogP contribution in [0.2, 0.25) is 0 Å². The van der Waals surface area contributed by atoms with Crippen molar-refractivity contribution < 1.29 is 22.7 Å². The lowest BCUT2D eigenvalue weighted by Gasteiger charge is -2.24. The number of hydrogen-bond acceptors (Lipinski definition) is 3. The summed E-state index contributed by atoms with van der Waals surface area (Å²) in [5, 5.41) is -0.617. The highest BCUT2D eigenvalue weighted by Gasteiger charge is 2.35. The quantitative estimate of drug-likeness (QED) is 0.565. The van der Waals surface area contributed by atoms with Gasteiger partial charge in [0.15, 0.2) is 17.5 Å². The molecule has 22 heavy (non-hydrogen) atoms. The molecule has 3 nitrogen and oxygen atoms in total. The van der Waals surface area contributed by atoms with E-state index in [1.54, 1.807) is 0 Å². The Morgan fingerprint density at radius 3 is 2.77 bits per heavy atom. The predicted octanol–water partition coefficient (Wildman–Crippen LogP) is 3.49. The van der Waals surface area contributed by atoms with Crippen LogP contribution in [0.5, 0.6) is 0 Å². The van der Waals surface area contributed by atoms with Crippen molar-refractivity contribution in [1.29, 1.82) is 0 Å². The molecular formula is C15H18F3NO2S. The summed E-state index contributed by atoms with van der Waals surface area (Å²) >= 11 is 1.22. The molecule has 122 valence electrons. The van der Waals surface area contributed by atoms with Gasteiger partial charge in [0.25, 0.3) is 0 Å². The molecule has 1 saturated heterocycles. The second kappa shape index (κ2) is 7.87. The average Bonchev–Trinajstić information content (AvgIpc) is 2.86. The molecule has 1 fully saturated rings. The fourth-order valence-corrected chi connectivity index (χ4v) is 3.50. The van der Waals surface area contributed by atoms with E-state index in [1.165, 1.54) is 22.7 Å². The summed E-state index contributed by atoms with van der Waals surface area (Å²) in [6.07, 6.45) is 1.54. The Morgan fingerprint density at radius 2 is 2.05 bits per heavy atom. The number of nitrogens with zero attached hydrogens (tertiary/aromatic N) is 1. The lowest BCUT2D eigenvalue weighted by molar-refractivity contribution is -0.128. The number of carbonyl (C=O) groups is 1. The lowest BCUT2D eigenvalue weighted by atomic mass is 10.1. The molecule has 0 N–H and O–H groups in total. The Kier molecular flexibility index (Phi) is 6.14. The third kappa shape index (κ3) is 3.76. The Labute approximate surface area is 131 Å². The Bertz CT molecular complexity index is 542. The molecule has 7 heteroatoms. The van der Waals surface area contributed by atoms with Gasteiger partial charge >= 0.3 is 0 Å². The van der Waals surface area contributed by atoms with Crippen LogP contribution >= 0.6 is 11.8 Å². The Balaban J connectivity index is 2.06. The topological polar surface area (TPSA) is 29.5 Å². The maximum absolute atomic E-state index is 13.9. The van der Waals surface area contributed by atoms with Gasteiger partial charge in [0.1, 0.15) is 5.37 Å². The summed E-state index contributed by atoms with van der Waals surface area (Å²) in [5.74, 6) is -3.87. The van der Waals surface area contributed by atoms with Crippen molar-refractivity contribution in [1.82, 2.24) is 4.90 Å².